The van der Waals surface area contributed by atoms with Gasteiger partial charge in [0.1, 0.15) is 10.9 Å². The summed E-state index contributed by atoms with van der Waals surface area (Å²) in [5.74, 6) is -1.37. The van der Waals surface area contributed by atoms with Gasteiger partial charge >= 0.3 is 0 Å². The van der Waals surface area contributed by atoms with Crippen molar-refractivity contribution in [3.63, 3.8) is 0 Å². The lowest BCUT2D eigenvalue weighted by Crippen LogP contribution is -2.53. The highest BCUT2D eigenvalue weighted by Crippen LogP contribution is 2.30. The van der Waals surface area contributed by atoms with Gasteiger partial charge in [-0.3, -0.25) is 14.4 Å². The van der Waals surface area contributed by atoms with Crippen LogP contribution >= 0.6 is 11.6 Å². The Morgan fingerprint density at radius 2 is 1.60 bits per heavy atom. The molecule has 5 rings (SSSR count). The van der Waals surface area contributed by atoms with Crippen molar-refractivity contribution in [2.75, 3.05) is 6.54 Å². The fourth-order valence-corrected chi connectivity index (χ4v) is 7.47. The summed E-state index contributed by atoms with van der Waals surface area (Å²) in [7, 11) is -4.07. The van der Waals surface area contributed by atoms with E-state index in [-0.39, 0.29) is 48.3 Å². The Morgan fingerprint density at radius 1 is 0.929 bits per heavy atom. The maximum atomic E-state index is 14.0. The molecule has 220 valence electrons. The number of fused-ring (bicyclic) bond motifs is 1. The average molecular weight is 608 g/mol. The number of carbonyl (C=O) groups is 3. The van der Waals surface area contributed by atoms with Crippen molar-refractivity contribution < 1.29 is 22.8 Å². The third-order valence-corrected chi connectivity index (χ3v) is 10.2. The highest BCUT2D eigenvalue weighted by molar-refractivity contribution is 7.90. The Bertz CT molecular complexity index is 1560. The van der Waals surface area contributed by atoms with Gasteiger partial charge < -0.3 is 10.2 Å². The topological polar surface area (TPSA) is 104 Å². The SMILES string of the molecule is O=C(NC1CCCCC1)[C@H](Cc1ccccc1)N(Cc1ccccc1Cl)C(=O)CCN1C(=O)c2ccccc2S1(=O)=O. The molecule has 42 heavy (non-hydrogen) atoms. The number of rotatable bonds is 10. The first-order valence-corrected chi connectivity index (χ1v) is 16.1. The number of carbonyl (C=O) groups excluding carboxylic acids is 3. The minimum Gasteiger partial charge on any atom is -0.352 e. The Balaban J connectivity index is 1.43. The highest BCUT2D eigenvalue weighted by atomic mass is 35.5. The van der Waals surface area contributed by atoms with Crippen LogP contribution in [-0.2, 0) is 32.6 Å². The summed E-state index contributed by atoms with van der Waals surface area (Å²) in [4.78, 5) is 42.3. The van der Waals surface area contributed by atoms with Gasteiger partial charge in [0.05, 0.1) is 5.56 Å². The van der Waals surface area contributed by atoms with E-state index in [2.05, 4.69) is 5.32 Å². The maximum absolute atomic E-state index is 14.0. The zero-order valence-corrected chi connectivity index (χ0v) is 24.8. The van der Waals surface area contributed by atoms with Crippen molar-refractivity contribution in [1.29, 1.82) is 0 Å². The molecule has 3 aromatic rings. The van der Waals surface area contributed by atoms with Crippen LogP contribution in [0.1, 0.15) is 60.0 Å². The predicted molar refractivity (Wildman–Crippen MR) is 160 cm³/mol. The number of hydrogen-bond acceptors (Lipinski definition) is 5. The monoisotopic (exact) mass is 607 g/mol. The van der Waals surface area contributed by atoms with Crippen LogP contribution in [0.25, 0.3) is 0 Å². The number of benzene rings is 3. The van der Waals surface area contributed by atoms with Gasteiger partial charge in [-0.05, 0) is 42.2 Å². The quantitative estimate of drug-likeness (QED) is 0.351. The molecule has 1 aliphatic carbocycles. The van der Waals surface area contributed by atoms with Crippen molar-refractivity contribution in [2.45, 2.75) is 68.5 Å². The smallest absolute Gasteiger partial charge is 0.269 e. The summed E-state index contributed by atoms with van der Waals surface area (Å²) in [5, 5.41) is 3.63. The van der Waals surface area contributed by atoms with Crippen molar-refractivity contribution in [3.8, 4) is 0 Å². The number of halogens is 1. The zero-order chi connectivity index (χ0) is 29.7. The summed E-state index contributed by atoms with van der Waals surface area (Å²) >= 11 is 6.49. The zero-order valence-electron chi connectivity index (χ0n) is 23.2. The Kier molecular flexibility index (Phi) is 9.28. The molecule has 10 heteroatoms. The van der Waals surface area contributed by atoms with Gasteiger partial charge in [0.25, 0.3) is 15.9 Å². The summed E-state index contributed by atoms with van der Waals surface area (Å²) in [6, 6.07) is 21.8. The molecule has 0 bridgehead atoms. The molecule has 2 aliphatic rings. The molecular weight excluding hydrogens is 574 g/mol. The molecule has 0 saturated heterocycles. The number of nitrogens with zero attached hydrogens (tertiary/aromatic N) is 2. The Morgan fingerprint density at radius 3 is 2.31 bits per heavy atom. The van der Waals surface area contributed by atoms with E-state index in [9.17, 15) is 22.8 Å². The number of sulfonamides is 1. The average Bonchev–Trinajstić information content (AvgIpc) is 3.19. The van der Waals surface area contributed by atoms with Gasteiger partial charge in [-0.1, -0.05) is 91.5 Å². The second-order valence-corrected chi connectivity index (χ2v) is 13.0. The molecule has 1 aliphatic heterocycles. The minimum atomic E-state index is -4.07. The van der Waals surface area contributed by atoms with E-state index in [4.69, 9.17) is 11.6 Å². The molecule has 0 spiro atoms. The van der Waals surface area contributed by atoms with E-state index in [1.54, 1.807) is 30.3 Å². The van der Waals surface area contributed by atoms with Gasteiger partial charge in [-0.15, -0.1) is 0 Å². The van der Waals surface area contributed by atoms with Crippen LogP contribution in [0.5, 0.6) is 0 Å². The fraction of sp³-hybridized carbons (Fsp3) is 0.344. The molecule has 1 atom stereocenters. The van der Waals surface area contributed by atoms with E-state index < -0.39 is 27.9 Å². The molecule has 3 aromatic carbocycles. The molecule has 1 N–H and O–H groups in total. The maximum Gasteiger partial charge on any atom is 0.269 e. The van der Waals surface area contributed by atoms with Gasteiger partial charge in [0.2, 0.25) is 11.8 Å². The first kappa shape index (κ1) is 29.8. The Hall–Kier alpha value is -3.69. The molecule has 8 nitrogen and oxygen atoms in total. The van der Waals surface area contributed by atoms with Crippen LogP contribution in [0, 0.1) is 0 Å². The second kappa shape index (κ2) is 13.1. The second-order valence-electron chi connectivity index (χ2n) is 10.8. The van der Waals surface area contributed by atoms with Crippen LogP contribution in [0.15, 0.2) is 83.8 Å². The van der Waals surface area contributed by atoms with Crippen LogP contribution in [0.3, 0.4) is 0 Å². The minimum absolute atomic E-state index is 0.0349. The number of amides is 3. The number of hydrogen-bond donors (Lipinski definition) is 1. The molecule has 1 saturated carbocycles. The third-order valence-electron chi connectivity index (χ3n) is 7.96. The number of nitrogens with one attached hydrogen (secondary N) is 1. The fourth-order valence-electron chi connectivity index (χ4n) is 5.70. The van der Waals surface area contributed by atoms with E-state index in [1.165, 1.54) is 17.0 Å². The molecule has 1 heterocycles. The van der Waals surface area contributed by atoms with Gasteiger partial charge in [0.15, 0.2) is 0 Å². The summed E-state index contributed by atoms with van der Waals surface area (Å²) < 4.78 is 27.0. The molecule has 3 amide bonds. The predicted octanol–water partition coefficient (Wildman–Crippen LogP) is 4.96. The largest absolute Gasteiger partial charge is 0.352 e. The van der Waals surface area contributed by atoms with Gasteiger partial charge in [-0.25, -0.2) is 12.7 Å². The van der Waals surface area contributed by atoms with Crippen LogP contribution < -0.4 is 5.32 Å². The van der Waals surface area contributed by atoms with Crippen molar-refractivity contribution in [1.82, 2.24) is 14.5 Å². The first-order valence-electron chi connectivity index (χ1n) is 14.3. The molecular formula is C32H34ClN3O5S. The molecule has 0 aromatic heterocycles. The van der Waals surface area contributed by atoms with E-state index >= 15 is 0 Å². The van der Waals surface area contributed by atoms with Crippen molar-refractivity contribution in [3.05, 3.63) is 101 Å². The van der Waals surface area contributed by atoms with Crippen LogP contribution in [-0.4, -0.2) is 54.0 Å². The lowest BCUT2D eigenvalue weighted by atomic mass is 9.94. The van der Waals surface area contributed by atoms with E-state index in [0.29, 0.717) is 10.6 Å². The van der Waals surface area contributed by atoms with Crippen LogP contribution in [0.4, 0.5) is 0 Å². The normalized spacial score (nSPS) is 17.0. The molecule has 1 fully saturated rings. The lowest BCUT2D eigenvalue weighted by molar-refractivity contribution is -0.141. The van der Waals surface area contributed by atoms with Gasteiger partial charge in [0, 0.05) is 37.0 Å². The van der Waals surface area contributed by atoms with E-state index in [0.717, 1.165) is 42.0 Å². The first-order chi connectivity index (χ1) is 20.3. The van der Waals surface area contributed by atoms with E-state index in [1.807, 2.05) is 36.4 Å². The molecule has 0 unspecified atom stereocenters. The highest BCUT2D eigenvalue weighted by Gasteiger charge is 2.41. The standard InChI is InChI=1S/C32H34ClN3O5S/c33-27-17-9-7-13-24(27)22-35(30(37)19-20-36-32(39)26-16-8-10-18-29(26)42(36,40)41)28(21-23-11-3-1-4-12-23)31(38)34-25-14-5-2-6-15-25/h1,3-4,7-13,16-18,25,28H,2,5-6,14-15,19-22H2,(H,34,38)/t28-/m0/s1. The van der Waals surface area contributed by atoms with Crippen molar-refractivity contribution in [2.24, 2.45) is 0 Å². The molecule has 0 radical (unpaired) electrons. The van der Waals surface area contributed by atoms with Gasteiger partial charge in [-0.2, -0.15) is 0 Å². The van der Waals surface area contributed by atoms with Crippen molar-refractivity contribution >= 4 is 39.3 Å². The summed E-state index contributed by atoms with van der Waals surface area (Å²) in [6.07, 6.45) is 4.97. The lowest BCUT2D eigenvalue weighted by Gasteiger charge is -2.34. The summed E-state index contributed by atoms with van der Waals surface area (Å²) in [5.41, 5.74) is 1.63. The van der Waals surface area contributed by atoms with Crippen LogP contribution in [0.2, 0.25) is 5.02 Å². The Labute approximate surface area is 251 Å². The summed E-state index contributed by atoms with van der Waals surface area (Å²) in [6.45, 7) is -0.287. The third kappa shape index (κ3) is 6.52.